The molecule has 2 aromatic carbocycles. The normalized spacial score (nSPS) is 16.8. The van der Waals surface area contributed by atoms with Crippen molar-refractivity contribution in [2.24, 2.45) is 0 Å². The Hall–Kier alpha value is -2.40. The molecule has 0 spiro atoms. The van der Waals surface area contributed by atoms with Gasteiger partial charge in [0.15, 0.2) is 0 Å². The Labute approximate surface area is 125 Å². The van der Waals surface area contributed by atoms with E-state index in [0.29, 0.717) is 16.2 Å². The van der Waals surface area contributed by atoms with E-state index in [2.05, 4.69) is 0 Å². The first-order chi connectivity index (χ1) is 10.1. The molecule has 0 aliphatic carbocycles. The van der Waals surface area contributed by atoms with Gasteiger partial charge in [-0.2, -0.15) is 0 Å². The first kappa shape index (κ1) is 13.6. The topological polar surface area (TPSA) is 37.4 Å². The molecule has 1 fully saturated rings. The highest BCUT2D eigenvalue weighted by molar-refractivity contribution is 8.19. The number of rotatable bonds is 2. The maximum Gasteiger partial charge on any atom is 0.298 e. The number of carbonyl (C=O) groups excluding carboxylic acids is 2. The Morgan fingerprint density at radius 1 is 0.952 bits per heavy atom. The number of amides is 2. The maximum atomic E-state index is 12.9. The number of carbonyl (C=O) groups is 2. The van der Waals surface area contributed by atoms with Crippen LogP contribution in [0.3, 0.4) is 0 Å². The van der Waals surface area contributed by atoms with Crippen LogP contribution in [0, 0.1) is 5.82 Å². The summed E-state index contributed by atoms with van der Waals surface area (Å²) in [5.41, 5.74) is 1.22. The Kier molecular flexibility index (Phi) is 3.58. The summed E-state index contributed by atoms with van der Waals surface area (Å²) >= 11 is 0.880. The van der Waals surface area contributed by atoms with Gasteiger partial charge in [-0.25, -0.2) is 9.29 Å². The minimum absolute atomic E-state index is 0.329. The second-order valence-corrected chi connectivity index (χ2v) is 5.40. The van der Waals surface area contributed by atoms with Crippen molar-refractivity contribution in [3.05, 3.63) is 70.9 Å². The molecule has 0 bridgehead atoms. The first-order valence-electron chi connectivity index (χ1n) is 6.24. The molecular weight excluding hydrogens is 289 g/mol. The number of nitrogens with zero attached hydrogens (tertiary/aromatic N) is 1. The molecule has 0 unspecified atom stereocenters. The molecule has 0 radical (unpaired) electrons. The summed E-state index contributed by atoms with van der Waals surface area (Å²) in [5.74, 6) is -0.704. The summed E-state index contributed by atoms with van der Waals surface area (Å²) in [4.78, 5) is 25.8. The van der Waals surface area contributed by atoms with Crippen LogP contribution in [-0.4, -0.2) is 11.1 Å². The van der Waals surface area contributed by atoms with Crippen LogP contribution in [0.25, 0.3) is 6.08 Å². The Morgan fingerprint density at radius 3 is 2.29 bits per heavy atom. The quantitative estimate of drug-likeness (QED) is 0.785. The maximum absolute atomic E-state index is 12.9. The summed E-state index contributed by atoms with van der Waals surface area (Å²) in [6, 6.07) is 14.5. The average molecular weight is 299 g/mol. The van der Waals surface area contributed by atoms with Crippen molar-refractivity contribution in [2.45, 2.75) is 0 Å². The second kappa shape index (κ2) is 5.54. The smallest absolute Gasteiger partial charge is 0.268 e. The van der Waals surface area contributed by atoms with Crippen molar-refractivity contribution in [2.75, 3.05) is 4.90 Å². The Morgan fingerprint density at radius 2 is 1.62 bits per heavy atom. The molecule has 21 heavy (non-hydrogen) atoms. The zero-order valence-electron chi connectivity index (χ0n) is 10.8. The van der Waals surface area contributed by atoms with E-state index in [1.165, 1.54) is 12.1 Å². The molecular formula is C16H10FNO2S. The molecule has 5 heteroatoms. The van der Waals surface area contributed by atoms with Gasteiger partial charge in [-0.15, -0.1) is 0 Å². The molecule has 104 valence electrons. The van der Waals surface area contributed by atoms with Crippen LogP contribution in [0.2, 0.25) is 0 Å². The minimum Gasteiger partial charge on any atom is -0.268 e. The van der Waals surface area contributed by atoms with Gasteiger partial charge in [-0.05, 0) is 47.7 Å². The highest BCUT2D eigenvalue weighted by Gasteiger charge is 2.36. The number of para-hydroxylation sites is 1. The zero-order valence-corrected chi connectivity index (χ0v) is 11.6. The van der Waals surface area contributed by atoms with E-state index < -0.39 is 0 Å². The fourth-order valence-electron chi connectivity index (χ4n) is 1.98. The van der Waals surface area contributed by atoms with Crippen LogP contribution in [0.1, 0.15) is 5.56 Å². The zero-order chi connectivity index (χ0) is 14.8. The van der Waals surface area contributed by atoms with E-state index in [1.807, 2.05) is 6.07 Å². The highest BCUT2D eigenvalue weighted by atomic mass is 32.2. The van der Waals surface area contributed by atoms with Gasteiger partial charge >= 0.3 is 0 Å². The fraction of sp³-hybridized carbons (Fsp3) is 0. The lowest BCUT2D eigenvalue weighted by atomic mass is 10.2. The number of thioether (sulfide) groups is 1. The molecule has 1 heterocycles. The van der Waals surface area contributed by atoms with E-state index in [9.17, 15) is 14.0 Å². The number of imide groups is 1. The Bertz CT molecular complexity index is 726. The summed E-state index contributed by atoms with van der Waals surface area (Å²) in [5, 5.41) is -0.334. The third kappa shape index (κ3) is 2.73. The Balaban J connectivity index is 1.92. The minimum atomic E-state index is -0.361. The molecule has 3 rings (SSSR count). The summed E-state index contributed by atoms with van der Waals surface area (Å²) in [6.45, 7) is 0. The molecule has 2 amide bonds. The van der Waals surface area contributed by atoms with Crippen LogP contribution >= 0.6 is 11.8 Å². The van der Waals surface area contributed by atoms with Gasteiger partial charge in [-0.3, -0.25) is 9.59 Å². The number of halogens is 1. The van der Waals surface area contributed by atoms with Crippen molar-refractivity contribution in [1.82, 2.24) is 0 Å². The average Bonchev–Trinajstić information content (AvgIpc) is 2.77. The van der Waals surface area contributed by atoms with Crippen LogP contribution in [-0.2, 0) is 4.79 Å². The van der Waals surface area contributed by atoms with E-state index in [0.717, 1.165) is 16.7 Å². The molecule has 0 saturated carbocycles. The van der Waals surface area contributed by atoms with Crippen molar-refractivity contribution in [3.63, 3.8) is 0 Å². The molecule has 2 aromatic rings. The van der Waals surface area contributed by atoms with E-state index >= 15 is 0 Å². The lowest BCUT2D eigenvalue weighted by Gasteiger charge is -2.11. The number of anilines is 1. The third-order valence-corrected chi connectivity index (χ3v) is 3.85. The van der Waals surface area contributed by atoms with Crippen LogP contribution in [0.5, 0.6) is 0 Å². The molecule has 1 saturated heterocycles. The summed E-state index contributed by atoms with van der Waals surface area (Å²) in [6.07, 6.45) is 1.59. The summed E-state index contributed by atoms with van der Waals surface area (Å²) < 4.78 is 12.9. The molecule has 0 aromatic heterocycles. The van der Waals surface area contributed by atoms with Gasteiger partial charge in [0.05, 0.1) is 10.6 Å². The number of hydrogen-bond acceptors (Lipinski definition) is 3. The van der Waals surface area contributed by atoms with Crippen molar-refractivity contribution < 1.29 is 14.0 Å². The lowest BCUT2D eigenvalue weighted by molar-refractivity contribution is -0.113. The van der Waals surface area contributed by atoms with Crippen LogP contribution in [0.15, 0.2) is 59.5 Å². The third-order valence-electron chi connectivity index (χ3n) is 2.98. The van der Waals surface area contributed by atoms with E-state index in [4.69, 9.17) is 0 Å². The van der Waals surface area contributed by atoms with Gasteiger partial charge in [-0.1, -0.05) is 30.3 Å². The van der Waals surface area contributed by atoms with Gasteiger partial charge in [0.1, 0.15) is 5.82 Å². The van der Waals surface area contributed by atoms with Gasteiger partial charge in [0.25, 0.3) is 11.1 Å². The van der Waals surface area contributed by atoms with Gasteiger partial charge in [0, 0.05) is 0 Å². The fourth-order valence-corrected chi connectivity index (χ4v) is 2.82. The second-order valence-electron chi connectivity index (χ2n) is 4.40. The van der Waals surface area contributed by atoms with E-state index in [-0.39, 0.29) is 17.0 Å². The highest BCUT2D eigenvalue weighted by Crippen LogP contribution is 2.35. The van der Waals surface area contributed by atoms with Crippen LogP contribution < -0.4 is 4.90 Å². The monoisotopic (exact) mass is 299 g/mol. The van der Waals surface area contributed by atoms with Crippen molar-refractivity contribution in [3.8, 4) is 0 Å². The predicted octanol–water partition coefficient (Wildman–Crippen LogP) is 4.07. The molecule has 1 aliphatic heterocycles. The predicted molar refractivity (Wildman–Crippen MR) is 81.3 cm³/mol. The summed E-state index contributed by atoms with van der Waals surface area (Å²) in [7, 11) is 0. The van der Waals surface area contributed by atoms with E-state index in [1.54, 1.807) is 42.5 Å². The van der Waals surface area contributed by atoms with Crippen molar-refractivity contribution >= 4 is 34.7 Å². The van der Waals surface area contributed by atoms with Gasteiger partial charge < -0.3 is 0 Å². The first-order valence-corrected chi connectivity index (χ1v) is 7.05. The molecule has 3 nitrogen and oxygen atoms in total. The number of benzene rings is 2. The van der Waals surface area contributed by atoms with Gasteiger partial charge in [0.2, 0.25) is 0 Å². The molecule has 0 N–H and O–H groups in total. The van der Waals surface area contributed by atoms with Crippen molar-refractivity contribution in [1.29, 1.82) is 0 Å². The lowest BCUT2D eigenvalue weighted by Crippen LogP contribution is -2.27. The van der Waals surface area contributed by atoms with Crippen LogP contribution in [0.4, 0.5) is 14.9 Å². The SMILES string of the molecule is O=C1S/C(=C\c2ccc(F)cc2)C(=O)N1c1ccccc1. The molecule has 0 atom stereocenters. The number of hydrogen-bond donors (Lipinski definition) is 0. The largest absolute Gasteiger partial charge is 0.298 e. The molecule has 1 aliphatic rings. The standard InChI is InChI=1S/C16H10FNO2S/c17-12-8-6-11(7-9-12)10-14-15(19)18(16(20)21-14)13-4-2-1-3-5-13/h1-10H/b14-10-.